The van der Waals surface area contributed by atoms with E-state index in [0.717, 1.165) is 22.2 Å². The van der Waals surface area contributed by atoms with Crippen LogP contribution in [0.25, 0.3) is 22.3 Å². The van der Waals surface area contributed by atoms with Crippen molar-refractivity contribution in [3.8, 4) is 11.4 Å². The van der Waals surface area contributed by atoms with E-state index in [2.05, 4.69) is 4.98 Å². The lowest BCUT2D eigenvalue weighted by Crippen LogP contribution is -2.33. The van der Waals surface area contributed by atoms with Gasteiger partial charge >= 0.3 is 0 Å². The van der Waals surface area contributed by atoms with Crippen LogP contribution in [0.4, 0.5) is 5.69 Å². The zero-order valence-electron chi connectivity index (χ0n) is 17.4. The molecule has 0 aliphatic carbocycles. The summed E-state index contributed by atoms with van der Waals surface area (Å²) in [7, 11) is 0. The number of nitrogens with zero attached hydrogens (tertiary/aromatic N) is 3. The molecule has 6 rings (SSSR count). The van der Waals surface area contributed by atoms with Crippen LogP contribution >= 0.6 is 0 Å². The molecular formula is C26H19N3O3. The fourth-order valence-electron chi connectivity index (χ4n) is 5.02. The van der Waals surface area contributed by atoms with Gasteiger partial charge in [0.15, 0.2) is 0 Å². The third-order valence-corrected chi connectivity index (χ3v) is 6.48. The molecule has 0 N–H and O–H groups in total. The summed E-state index contributed by atoms with van der Waals surface area (Å²) >= 11 is 0. The normalized spacial score (nSPS) is 19.5. The molecule has 2 aliphatic rings. The van der Waals surface area contributed by atoms with Crippen LogP contribution in [0.3, 0.4) is 0 Å². The van der Waals surface area contributed by atoms with Crippen LogP contribution in [-0.4, -0.2) is 21.4 Å². The maximum Gasteiger partial charge on any atom is 0.281 e. The molecule has 2 atom stereocenters. The first-order valence-corrected chi connectivity index (χ1v) is 10.6. The number of aromatic nitrogens is 2. The molecule has 3 aromatic carbocycles. The van der Waals surface area contributed by atoms with Crippen LogP contribution in [0.1, 0.15) is 23.6 Å². The lowest BCUT2D eigenvalue weighted by atomic mass is 9.91. The zero-order chi connectivity index (χ0) is 22.0. The second kappa shape index (κ2) is 6.72. The Balaban J connectivity index is 1.55. The number of amides is 2. The fourth-order valence-corrected chi connectivity index (χ4v) is 5.02. The van der Waals surface area contributed by atoms with Gasteiger partial charge < -0.3 is 4.57 Å². The molecule has 6 nitrogen and oxygen atoms in total. The van der Waals surface area contributed by atoms with Crippen molar-refractivity contribution < 1.29 is 9.59 Å². The molecule has 0 bridgehead atoms. The molecule has 0 spiro atoms. The standard InChI is InChI=1S/C26H19N3O3/c1-15-10-12-16(13-11-15)28-22(30)14-20(26(28)32)23-17-6-2-3-7-18(17)24-27-25(31)19-8-4-5-9-21(19)29(23)24/h2-13,20,23H,14H2,1H3. The van der Waals surface area contributed by atoms with Crippen molar-refractivity contribution in [3.63, 3.8) is 0 Å². The summed E-state index contributed by atoms with van der Waals surface area (Å²) in [4.78, 5) is 45.0. The first-order valence-electron chi connectivity index (χ1n) is 10.6. The number of rotatable bonds is 2. The number of anilines is 1. The molecule has 2 unspecified atom stereocenters. The zero-order valence-corrected chi connectivity index (χ0v) is 17.4. The Hall–Kier alpha value is -4.06. The highest BCUT2D eigenvalue weighted by Gasteiger charge is 2.48. The maximum absolute atomic E-state index is 13.6. The number of carbonyl (C=O) groups is 2. The first-order chi connectivity index (χ1) is 15.5. The summed E-state index contributed by atoms with van der Waals surface area (Å²) in [5.41, 5.74) is 3.81. The van der Waals surface area contributed by atoms with Crippen molar-refractivity contribution in [1.29, 1.82) is 0 Å². The minimum absolute atomic E-state index is 0.103. The average Bonchev–Trinajstić information content (AvgIpc) is 3.28. The Labute approximate surface area is 183 Å². The van der Waals surface area contributed by atoms with Crippen molar-refractivity contribution in [3.05, 3.63) is 94.3 Å². The second-order valence-corrected chi connectivity index (χ2v) is 8.37. The lowest BCUT2D eigenvalue weighted by Gasteiger charge is -2.23. The summed E-state index contributed by atoms with van der Waals surface area (Å²) in [6.45, 7) is 1.96. The second-order valence-electron chi connectivity index (χ2n) is 8.37. The lowest BCUT2D eigenvalue weighted by molar-refractivity contribution is -0.122. The van der Waals surface area contributed by atoms with E-state index in [1.807, 2.05) is 60.0 Å². The van der Waals surface area contributed by atoms with Gasteiger partial charge in [0, 0.05) is 12.0 Å². The monoisotopic (exact) mass is 421 g/mol. The smallest absolute Gasteiger partial charge is 0.281 e. The largest absolute Gasteiger partial charge is 0.317 e. The number of imide groups is 1. The van der Waals surface area contributed by atoms with Gasteiger partial charge in [-0.05, 0) is 36.8 Å². The molecular weight excluding hydrogens is 402 g/mol. The quantitative estimate of drug-likeness (QED) is 0.461. The third-order valence-electron chi connectivity index (χ3n) is 6.48. The van der Waals surface area contributed by atoms with Crippen LogP contribution in [0.2, 0.25) is 0 Å². The van der Waals surface area contributed by atoms with Crippen LogP contribution < -0.4 is 10.5 Å². The van der Waals surface area contributed by atoms with Gasteiger partial charge in [-0.2, -0.15) is 4.98 Å². The maximum atomic E-state index is 13.6. The van der Waals surface area contributed by atoms with Crippen molar-refractivity contribution in [1.82, 2.24) is 9.55 Å². The molecule has 1 saturated heterocycles. The number of benzene rings is 3. The van der Waals surface area contributed by atoms with Crippen molar-refractivity contribution in [2.45, 2.75) is 19.4 Å². The van der Waals surface area contributed by atoms with Crippen molar-refractivity contribution in [2.75, 3.05) is 4.90 Å². The van der Waals surface area contributed by atoms with E-state index in [1.165, 1.54) is 4.90 Å². The minimum Gasteiger partial charge on any atom is -0.317 e. The number of aryl methyl sites for hydroxylation is 1. The molecule has 3 heterocycles. The first kappa shape index (κ1) is 18.7. The van der Waals surface area contributed by atoms with Gasteiger partial charge in [0.1, 0.15) is 5.82 Å². The Morgan fingerprint density at radius 3 is 2.41 bits per heavy atom. The van der Waals surface area contributed by atoms with Gasteiger partial charge in [0.2, 0.25) is 11.8 Å². The van der Waals surface area contributed by atoms with Crippen LogP contribution in [0, 0.1) is 12.8 Å². The Morgan fingerprint density at radius 1 is 0.875 bits per heavy atom. The predicted octanol–water partition coefficient (Wildman–Crippen LogP) is 3.85. The molecule has 2 aliphatic heterocycles. The number of hydrogen-bond acceptors (Lipinski definition) is 4. The molecule has 1 fully saturated rings. The van der Waals surface area contributed by atoms with Crippen molar-refractivity contribution in [2.24, 2.45) is 5.92 Å². The van der Waals surface area contributed by atoms with E-state index >= 15 is 0 Å². The molecule has 1 aromatic heterocycles. The Kier molecular flexibility index (Phi) is 3.92. The topological polar surface area (TPSA) is 72.3 Å². The van der Waals surface area contributed by atoms with Crippen molar-refractivity contribution >= 4 is 28.4 Å². The van der Waals surface area contributed by atoms with Gasteiger partial charge in [0.05, 0.1) is 28.6 Å². The highest BCUT2D eigenvalue weighted by atomic mass is 16.2. The fraction of sp³-hybridized carbons (Fsp3) is 0.154. The average molecular weight is 421 g/mol. The van der Waals surface area contributed by atoms with E-state index in [4.69, 9.17) is 0 Å². The summed E-state index contributed by atoms with van der Waals surface area (Å²) in [6, 6.07) is 22.0. The molecule has 0 saturated carbocycles. The van der Waals surface area contributed by atoms with Crippen LogP contribution in [-0.2, 0) is 9.59 Å². The summed E-state index contributed by atoms with van der Waals surface area (Å²) < 4.78 is 1.97. The van der Waals surface area contributed by atoms with Gasteiger partial charge in [-0.25, -0.2) is 0 Å². The molecule has 0 radical (unpaired) electrons. The third kappa shape index (κ3) is 2.52. The SMILES string of the molecule is Cc1ccc(N2C(=O)CC(C3c4ccccc4-c4nc(=O)c5ccccc5n43)C2=O)cc1. The molecule has 4 aromatic rings. The van der Waals surface area contributed by atoms with E-state index in [-0.39, 0.29) is 23.8 Å². The Bertz CT molecular complexity index is 1490. The molecule has 156 valence electrons. The summed E-state index contributed by atoms with van der Waals surface area (Å²) in [5, 5.41) is 0.501. The van der Waals surface area contributed by atoms with E-state index in [9.17, 15) is 14.4 Å². The van der Waals surface area contributed by atoms with Gasteiger partial charge in [-0.1, -0.05) is 54.1 Å². The number of fused-ring (bicyclic) bond motifs is 5. The number of hydrogen-bond donors (Lipinski definition) is 0. The summed E-state index contributed by atoms with van der Waals surface area (Å²) in [5.74, 6) is -0.482. The van der Waals surface area contributed by atoms with Gasteiger partial charge in [0.25, 0.3) is 5.56 Å². The summed E-state index contributed by atoms with van der Waals surface area (Å²) in [6.07, 6.45) is 0.103. The van der Waals surface area contributed by atoms with E-state index < -0.39 is 12.0 Å². The number of para-hydroxylation sites is 1. The van der Waals surface area contributed by atoms with Crippen LogP contribution in [0.15, 0.2) is 77.6 Å². The minimum atomic E-state index is -0.584. The molecule has 6 heteroatoms. The van der Waals surface area contributed by atoms with Crippen LogP contribution in [0.5, 0.6) is 0 Å². The van der Waals surface area contributed by atoms with Gasteiger partial charge in [-0.15, -0.1) is 0 Å². The highest BCUT2D eigenvalue weighted by molar-refractivity contribution is 6.21. The van der Waals surface area contributed by atoms with E-state index in [1.54, 1.807) is 24.3 Å². The predicted molar refractivity (Wildman–Crippen MR) is 121 cm³/mol. The van der Waals surface area contributed by atoms with E-state index in [0.29, 0.717) is 16.9 Å². The Morgan fingerprint density at radius 2 is 1.59 bits per heavy atom. The van der Waals surface area contributed by atoms with Gasteiger partial charge in [-0.3, -0.25) is 19.3 Å². The highest BCUT2D eigenvalue weighted by Crippen LogP contribution is 2.47. The molecule has 2 amide bonds. The number of carbonyl (C=O) groups excluding carboxylic acids is 2. The molecule has 32 heavy (non-hydrogen) atoms.